The molecule has 5 nitrogen and oxygen atoms in total. The first-order valence-electron chi connectivity index (χ1n) is 8.01. The van der Waals surface area contributed by atoms with Crippen LogP contribution in [0.15, 0.2) is 42.5 Å². The van der Waals surface area contributed by atoms with Gasteiger partial charge in [0.2, 0.25) is 0 Å². The Kier molecular flexibility index (Phi) is 5.28. The third kappa shape index (κ3) is 4.45. The summed E-state index contributed by atoms with van der Waals surface area (Å²) in [5.74, 6) is -1.15. The van der Waals surface area contributed by atoms with Crippen LogP contribution < -0.4 is 10.5 Å². The van der Waals surface area contributed by atoms with Crippen LogP contribution in [0.1, 0.15) is 47.1 Å². The monoisotopic (exact) mass is 341 g/mol. The highest BCUT2D eigenvalue weighted by atomic mass is 16.5. The fraction of sp³-hybridized carbons (Fsp3) is 0.300. The Hall–Kier alpha value is -2.66. The minimum Gasteiger partial charge on any atom is -0.504 e. The van der Waals surface area contributed by atoms with Gasteiger partial charge in [0.15, 0.2) is 17.3 Å². The van der Waals surface area contributed by atoms with Gasteiger partial charge in [-0.15, -0.1) is 0 Å². The standard InChI is InChI=1S/C20H23NO4/c1-12-6-5-7-14(10-12)19(24)25-16-9-8-13(11-15(16)22)17(23)18(21)20(2,3)4/h5-11,18,22H,21H2,1-4H3. The molecule has 25 heavy (non-hydrogen) atoms. The fourth-order valence-electron chi connectivity index (χ4n) is 2.26. The normalized spacial score (nSPS) is 12.5. The molecule has 0 aliphatic rings. The zero-order valence-electron chi connectivity index (χ0n) is 14.9. The molecule has 0 aliphatic heterocycles. The average Bonchev–Trinajstić information content (AvgIpc) is 2.54. The molecule has 132 valence electrons. The first-order valence-corrected chi connectivity index (χ1v) is 8.01. The third-order valence-electron chi connectivity index (χ3n) is 3.92. The van der Waals surface area contributed by atoms with Crippen molar-refractivity contribution >= 4 is 11.8 Å². The maximum absolute atomic E-state index is 12.4. The van der Waals surface area contributed by atoms with E-state index >= 15 is 0 Å². The van der Waals surface area contributed by atoms with E-state index in [-0.39, 0.29) is 22.8 Å². The van der Waals surface area contributed by atoms with Crippen LogP contribution in [-0.4, -0.2) is 22.9 Å². The van der Waals surface area contributed by atoms with Gasteiger partial charge in [0.1, 0.15) is 0 Å². The van der Waals surface area contributed by atoms with Crippen LogP contribution >= 0.6 is 0 Å². The van der Waals surface area contributed by atoms with Crippen molar-refractivity contribution in [1.29, 1.82) is 0 Å². The van der Waals surface area contributed by atoms with E-state index in [9.17, 15) is 14.7 Å². The van der Waals surface area contributed by atoms with Gasteiger partial charge in [0.05, 0.1) is 11.6 Å². The van der Waals surface area contributed by atoms with Gasteiger partial charge in [0.25, 0.3) is 0 Å². The Bertz CT molecular complexity index is 806. The Labute approximate surface area is 147 Å². The molecule has 5 heteroatoms. The maximum Gasteiger partial charge on any atom is 0.343 e. The number of rotatable bonds is 4. The number of aromatic hydroxyl groups is 1. The second kappa shape index (κ2) is 7.07. The van der Waals surface area contributed by atoms with Crippen LogP contribution in [0, 0.1) is 12.3 Å². The minimum absolute atomic E-state index is 0.00705. The minimum atomic E-state index is -0.701. The van der Waals surface area contributed by atoms with Crippen molar-refractivity contribution in [3.05, 3.63) is 59.2 Å². The van der Waals surface area contributed by atoms with Crippen molar-refractivity contribution < 1.29 is 19.4 Å². The highest BCUT2D eigenvalue weighted by Gasteiger charge is 2.28. The molecule has 0 aliphatic carbocycles. The van der Waals surface area contributed by atoms with Gasteiger partial charge >= 0.3 is 5.97 Å². The molecule has 0 fully saturated rings. The second-order valence-corrected chi connectivity index (χ2v) is 7.15. The second-order valence-electron chi connectivity index (χ2n) is 7.15. The smallest absolute Gasteiger partial charge is 0.343 e. The summed E-state index contributed by atoms with van der Waals surface area (Å²) < 4.78 is 5.22. The molecule has 3 N–H and O–H groups in total. The van der Waals surface area contributed by atoms with E-state index in [1.165, 1.54) is 18.2 Å². The molecular formula is C20H23NO4. The molecule has 0 radical (unpaired) electrons. The summed E-state index contributed by atoms with van der Waals surface area (Å²) in [6, 6.07) is 10.4. The summed E-state index contributed by atoms with van der Waals surface area (Å²) in [6.45, 7) is 7.47. The number of esters is 1. The van der Waals surface area contributed by atoms with Crippen LogP contribution in [0.3, 0.4) is 0 Å². The number of phenols is 1. The Morgan fingerprint density at radius 3 is 2.32 bits per heavy atom. The fourth-order valence-corrected chi connectivity index (χ4v) is 2.26. The number of ether oxygens (including phenoxy) is 1. The largest absolute Gasteiger partial charge is 0.504 e. The first-order chi connectivity index (χ1) is 11.6. The van der Waals surface area contributed by atoms with Gasteiger partial charge in [-0.1, -0.05) is 38.5 Å². The molecule has 0 saturated heterocycles. The van der Waals surface area contributed by atoms with E-state index in [0.717, 1.165) is 5.56 Å². The number of hydrogen-bond acceptors (Lipinski definition) is 5. The van der Waals surface area contributed by atoms with Crippen molar-refractivity contribution in [1.82, 2.24) is 0 Å². The molecule has 2 rings (SSSR count). The van der Waals surface area contributed by atoms with Crippen molar-refractivity contribution in [3.63, 3.8) is 0 Å². The number of benzene rings is 2. The van der Waals surface area contributed by atoms with Gasteiger partial charge < -0.3 is 15.6 Å². The molecule has 1 atom stereocenters. The SMILES string of the molecule is Cc1cccc(C(=O)Oc2ccc(C(=O)C(N)C(C)(C)C)cc2O)c1. The predicted molar refractivity (Wildman–Crippen MR) is 96.0 cm³/mol. The molecule has 1 unspecified atom stereocenters. The van der Waals surface area contributed by atoms with Crippen LogP contribution in [0.5, 0.6) is 11.5 Å². The number of phenolic OH excluding ortho intramolecular Hbond substituents is 1. The maximum atomic E-state index is 12.4. The quantitative estimate of drug-likeness (QED) is 0.505. The summed E-state index contributed by atoms with van der Waals surface area (Å²) >= 11 is 0. The zero-order chi connectivity index (χ0) is 18.8. The van der Waals surface area contributed by atoms with Crippen molar-refractivity contribution in [2.75, 3.05) is 0 Å². The Balaban J connectivity index is 2.20. The van der Waals surface area contributed by atoms with Crippen LogP contribution in [-0.2, 0) is 0 Å². The van der Waals surface area contributed by atoms with Gasteiger partial charge in [-0.2, -0.15) is 0 Å². The van der Waals surface area contributed by atoms with Crippen molar-refractivity contribution in [2.45, 2.75) is 33.7 Å². The van der Waals surface area contributed by atoms with Crippen molar-refractivity contribution in [2.24, 2.45) is 11.1 Å². The number of aryl methyl sites for hydroxylation is 1. The van der Waals surface area contributed by atoms with E-state index in [4.69, 9.17) is 10.5 Å². The molecule has 0 saturated carbocycles. The number of hydrogen-bond donors (Lipinski definition) is 2. The summed E-state index contributed by atoms with van der Waals surface area (Å²) in [5, 5.41) is 10.1. The van der Waals surface area contributed by atoms with E-state index in [1.807, 2.05) is 33.8 Å². The molecule has 0 spiro atoms. The van der Waals surface area contributed by atoms with Crippen LogP contribution in [0.25, 0.3) is 0 Å². The predicted octanol–water partition coefficient (Wildman–Crippen LogP) is 3.48. The lowest BCUT2D eigenvalue weighted by Gasteiger charge is -2.25. The third-order valence-corrected chi connectivity index (χ3v) is 3.92. The summed E-state index contributed by atoms with van der Waals surface area (Å²) in [5.41, 5.74) is 7.15. The lowest BCUT2D eigenvalue weighted by atomic mass is 9.83. The lowest BCUT2D eigenvalue weighted by Crippen LogP contribution is -2.42. The number of nitrogens with two attached hydrogens (primary N) is 1. The number of ketones is 1. The molecular weight excluding hydrogens is 318 g/mol. The van der Waals surface area contributed by atoms with Gasteiger partial charge in [0, 0.05) is 5.56 Å². The molecule has 0 heterocycles. The van der Waals surface area contributed by atoms with E-state index in [2.05, 4.69) is 0 Å². The molecule has 2 aromatic rings. The Morgan fingerprint density at radius 2 is 1.76 bits per heavy atom. The summed E-state index contributed by atoms with van der Waals surface area (Å²) in [4.78, 5) is 24.5. The topological polar surface area (TPSA) is 89.6 Å². The summed E-state index contributed by atoms with van der Waals surface area (Å²) in [7, 11) is 0. The van der Waals surface area contributed by atoms with E-state index in [1.54, 1.807) is 18.2 Å². The Morgan fingerprint density at radius 1 is 1.08 bits per heavy atom. The zero-order valence-corrected chi connectivity index (χ0v) is 14.9. The summed E-state index contributed by atoms with van der Waals surface area (Å²) in [6.07, 6.45) is 0. The van der Waals surface area contributed by atoms with E-state index in [0.29, 0.717) is 5.56 Å². The highest BCUT2D eigenvalue weighted by Crippen LogP contribution is 2.29. The number of Topliss-reactive ketones (excluding diaryl/α,β-unsaturated/α-hetero) is 1. The van der Waals surface area contributed by atoms with Crippen LogP contribution in [0.4, 0.5) is 0 Å². The molecule has 2 aromatic carbocycles. The number of carbonyl (C=O) groups excluding carboxylic acids is 2. The first kappa shape index (κ1) is 18.7. The number of carbonyl (C=O) groups is 2. The van der Waals surface area contributed by atoms with Gasteiger partial charge in [-0.25, -0.2) is 4.79 Å². The van der Waals surface area contributed by atoms with E-state index < -0.39 is 17.4 Å². The van der Waals surface area contributed by atoms with Gasteiger partial charge in [-0.3, -0.25) is 4.79 Å². The van der Waals surface area contributed by atoms with Crippen molar-refractivity contribution in [3.8, 4) is 11.5 Å². The highest BCUT2D eigenvalue weighted by molar-refractivity contribution is 6.01. The molecule has 0 bridgehead atoms. The molecule has 0 amide bonds. The van der Waals surface area contributed by atoms with Gasteiger partial charge in [-0.05, 0) is 42.7 Å². The average molecular weight is 341 g/mol. The van der Waals surface area contributed by atoms with Crippen LogP contribution in [0.2, 0.25) is 0 Å². The molecule has 0 aromatic heterocycles. The lowest BCUT2D eigenvalue weighted by molar-refractivity contribution is 0.0729.